The summed E-state index contributed by atoms with van der Waals surface area (Å²) in [6.07, 6.45) is 2.51. The van der Waals surface area contributed by atoms with Crippen LogP contribution in [-0.2, 0) is 0 Å². The first kappa shape index (κ1) is 12.1. The van der Waals surface area contributed by atoms with Gasteiger partial charge in [-0.1, -0.05) is 35.9 Å². The highest BCUT2D eigenvalue weighted by atomic mass is 35.5. The number of hydrogen-bond donors (Lipinski definition) is 1. The van der Waals surface area contributed by atoms with E-state index in [1.54, 1.807) is 24.5 Å². The van der Waals surface area contributed by atoms with Crippen LogP contribution in [0.5, 0.6) is 0 Å². The van der Waals surface area contributed by atoms with Crippen molar-refractivity contribution in [3.8, 4) is 0 Å². The molecule has 0 spiro atoms. The third-order valence-electron chi connectivity index (χ3n) is 2.99. The number of fused-ring (bicyclic) bond motifs is 1. The first-order chi connectivity index (χ1) is 9.24. The van der Waals surface area contributed by atoms with E-state index in [0.29, 0.717) is 10.7 Å². The van der Waals surface area contributed by atoms with Crippen LogP contribution in [0.25, 0.3) is 10.9 Å². The molecule has 2 heterocycles. The number of aliphatic hydroxyl groups excluding tert-OH is 1. The minimum Gasteiger partial charge on any atom is -0.384 e. The van der Waals surface area contributed by atoms with Gasteiger partial charge >= 0.3 is 0 Å². The number of benzene rings is 1. The van der Waals surface area contributed by atoms with E-state index in [2.05, 4.69) is 9.97 Å². The van der Waals surface area contributed by atoms with Crippen molar-refractivity contribution in [1.29, 1.82) is 0 Å². The highest BCUT2D eigenvalue weighted by molar-refractivity contribution is 6.29. The van der Waals surface area contributed by atoms with Crippen LogP contribution in [-0.4, -0.2) is 15.1 Å². The number of nitrogens with zero attached hydrogens (tertiary/aromatic N) is 2. The second kappa shape index (κ2) is 4.96. The van der Waals surface area contributed by atoms with Gasteiger partial charge in [-0.15, -0.1) is 0 Å². The van der Waals surface area contributed by atoms with Gasteiger partial charge in [-0.3, -0.25) is 4.98 Å². The molecule has 1 N–H and O–H groups in total. The molecule has 0 aliphatic rings. The third kappa shape index (κ3) is 2.43. The Morgan fingerprint density at radius 3 is 2.53 bits per heavy atom. The van der Waals surface area contributed by atoms with Crippen LogP contribution in [0.3, 0.4) is 0 Å². The van der Waals surface area contributed by atoms with Crippen LogP contribution < -0.4 is 0 Å². The minimum atomic E-state index is -0.748. The van der Waals surface area contributed by atoms with Gasteiger partial charge in [0.1, 0.15) is 11.3 Å². The second-order valence-electron chi connectivity index (χ2n) is 4.28. The van der Waals surface area contributed by atoms with E-state index in [-0.39, 0.29) is 0 Å². The summed E-state index contributed by atoms with van der Waals surface area (Å²) in [5.74, 6) is 0. The molecule has 1 aromatic carbocycles. The monoisotopic (exact) mass is 270 g/mol. The molecule has 3 aromatic rings. The van der Waals surface area contributed by atoms with Crippen molar-refractivity contribution >= 4 is 22.5 Å². The van der Waals surface area contributed by atoms with Crippen molar-refractivity contribution in [3.63, 3.8) is 0 Å². The largest absolute Gasteiger partial charge is 0.384 e. The second-order valence-corrected chi connectivity index (χ2v) is 4.67. The molecule has 0 aliphatic carbocycles. The summed E-state index contributed by atoms with van der Waals surface area (Å²) in [7, 11) is 0. The summed E-state index contributed by atoms with van der Waals surface area (Å²) in [5.41, 5.74) is 2.34. The fourth-order valence-electron chi connectivity index (χ4n) is 1.98. The van der Waals surface area contributed by atoms with E-state index in [1.165, 1.54) is 0 Å². The molecule has 1 atom stereocenters. The zero-order valence-corrected chi connectivity index (χ0v) is 10.7. The van der Waals surface area contributed by atoms with Crippen molar-refractivity contribution in [1.82, 2.24) is 9.97 Å². The fraction of sp³-hybridized carbons (Fsp3) is 0.0667. The zero-order chi connectivity index (χ0) is 13.2. The number of pyridine rings is 2. The fourth-order valence-corrected chi connectivity index (χ4v) is 2.09. The maximum atomic E-state index is 10.3. The molecule has 0 fully saturated rings. The molecule has 0 aliphatic heterocycles. The topological polar surface area (TPSA) is 46.0 Å². The van der Waals surface area contributed by atoms with Crippen LogP contribution in [0.2, 0.25) is 5.15 Å². The average Bonchev–Trinajstić information content (AvgIpc) is 2.47. The van der Waals surface area contributed by atoms with E-state index in [4.69, 9.17) is 11.6 Å². The molecule has 0 amide bonds. The van der Waals surface area contributed by atoms with Crippen LogP contribution in [0.15, 0.2) is 54.9 Å². The predicted molar refractivity (Wildman–Crippen MR) is 75.1 cm³/mol. The van der Waals surface area contributed by atoms with E-state index in [9.17, 15) is 5.11 Å². The predicted octanol–water partition coefficient (Wildman–Crippen LogP) is 3.36. The van der Waals surface area contributed by atoms with E-state index < -0.39 is 6.10 Å². The average molecular weight is 271 g/mol. The van der Waals surface area contributed by atoms with Crippen LogP contribution in [0, 0.1) is 0 Å². The van der Waals surface area contributed by atoms with Crippen LogP contribution >= 0.6 is 11.6 Å². The molecule has 0 radical (unpaired) electrons. The Labute approximate surface area is 115 Å². The Kier molecular flexibility index (Phi) is 3.15. The lowest BCUT2D eigenvalue weighted by atomic mass is 10.0. The quantitative estimate of drug-likeness (QED) is 0.726. The van der Waals surface area contributed by atoms with Gasteiger partial charge in [0, 0.05) is 28.9 Å². The van der Waals surface area contributed by atoms with Crippen molar-refractivity contribution in [2.75, 3.05) is 0 Å². The van der Waals surface area contributed by atoms with Gasteiger partial charge in [-0.25, -0.2) is 4.98 Å². The summed E-state index contributed by atoms with van der Waals surface area (Å²) in [6, 6.07) is 13.2. The van der Waals surface area contributed by atoms with Gasteiger partial charge < -0.3 is 5.11 Å². The molecular weight excluding hydrogens is 260 g/mol. The summed E-state index contributed by atoms with van der Waals surface area (Å²) in [6.45, 7) is 0. The highest BCUT2D eigenvalue weighted by Gasteiger charge is 2.11. The Morgan fingerprint density at radius 1 is 0.947 bits per heavy atom. The standard InChI is InChI=1S/C15H11ClN2O/c16-14-6-5-11(8-18-14)15(19)12-7-10-3-1-2-4-13(10)17-9-12/h1-9,15,19H. The highest BCUT2D eigenvalue weighted by Crippen LogP contribution is 2.24. The van der Waals surface area contributed by atoms with Gasteiger partial charge in [-0.05, 0) is 18.2 Å². The number of rotatable bonds is 2. The minimum absolute atomic E-state index is 0.410. The van der Waals surface area contributed by atoms with Gasteiger partial charge in [0.2, 0.25) is 0 Å². The first-order valence-corrected chi connectivity index (χ1v) is 6.26. The molecule has 0 saturated heterocycles. The van der Waals surface area contributed by atoms with Crippen LogP contribution in [0.1, 0.15) is 17.2 Å². The SMILES string of the molecule is OC(c1ccc(Cl)nc1)c1cnc2ccccc2c1. The number of halogens is 1. The van der Waals surface area contributed by atoms with Crippen molar-refractivity contribution in [3.05, 3.63) is 71.1 Å². The number of para-hydroxylation sites is 1. The smallest absolute Gasteiger partial charge is 0.129 e. The molecule has 3 nitrogen and oxygen atoms in total. The Morgan fingerprint density at radius 2 is 1.74 bits per heavy atom. The number of aliphatic hydroxyl groups is 1. The summed E-state index contributed by atoms with van der Waals surface area (Å²) < 4.78 is 0. The molecule has 0 saturated carbocycles. The van der Waals surface area contributed by atoms with E-state index in [1.807, 2.05) is 30.3 Å². The molecular formula is C15H11ClN2O. The number of hydrogen-bond acceptors (Lipinski definition) is 3. The van der Waals surface area contributed by atoms with Gasteiger partial charge in [0.05, 0.1) is 5.52 Å². The molecule has 94 valence electrons. The van der Waals surface area contributed by atoms with Gasteiger partial charge in [-0.2, -0.15) is 0 Å². The Balaban J connectivity index is 2.01. The maximum absolute atomic E-state index is 10.3. The molecule has 1 unspecified atom stereocenters. The van der Waals surface area contributed by atoms with Crippen molar-refractivity contribution < 1.29 is 5.11 Å². The zero-order valence-electron chi connectivity index (χ0n) is 9.99. The third-order valence-corrected chi connectivity index (χ3v) is 3.22. The van der Waals surface area contributed by atoms with Gasteiger partial charge in [0.15, 0.2) is 0 Å². The molecule has 19 heavy (non-hydrogen) atoms. The van der Waals surface area contributed by atoms with Crippen molar-refractivity contribution in [2.45, 2.75) is 6.10 Å². The molecule has 3 rings (SSSR count). The maximum Gasteiger partial charge on any atom is 0.129 e. The van der Waals surface area contributed by atoms with Crippen molar-refractivity contribution in [2.24, 2.45) is 0 Å². The lowest BCUT2D eigenvalue weighted by molar-refractivity contribution is 0.219. The number of aromatic nitrogens is 2. The normalized spacial score (nSPS) is 12.5. The molecule has 0 bridgehead atoms. The Bertz CT molecular complexity index is 713. The van der Waals surface area contributed by atoms with Crippen LogP contribution in [0.4, 0.5) is 0 Å². The van der Waals surface area contributed by atoms with E-state index >= 15 is 0 Å². The summed E-state index contributed by atoms with van der Waals surface area (Å²) in [5, 5.41) is 11.7. The molecule has 2 aromatic heterocycles. The molecule has 4 heteroatoms. The summed E-state index contributed by atoms with van der Waals surface area (Å²) in [4.78, 5) is 8.31. The Hall–Kier alpha value is -1.97. The first-order valence-electron chi connectivity index (χ1n) is 5.88. The lowest BCUT2D eigenvalue weighted by Gasteiger charge is -2.11. The summed E-state index contributed by atoms with van der Waals surface area (Å²) >= 11 is 5.74. The van der Waals surface area contributed by atoms with E-state index in [0.717, 1.165) is 16.5 Å². The lowest BCUT2D eigenvalue weighted by Crippen LogP contribution is -2.01. The van der Waals surface area contributed by atoms with Gasteiger partial charge in [0.25, 0.3) is 0 Å².